The molecule has 102 valence electrons. The largest absolute Gasteiger partial charge is 0.306 e. The fraction of sp³-hybridized carbons (Fsp3) is 0.438. The van der Waals surface area contributed by atoms with Gasteiger partial charge >= 0.3 is 0 Å². The molecule has 0 aliphatic rings. The number of hydrogen-bond acceptors (Lipinski definition) is 3. The number of aryl methyl sites for hydroxylation is 4. The number of nitrogens with one attached hydrogen (secondary N) is 1. The average Bonchev–Trinajstić information content (AvgIpc) is 2.83. The summed E-state index contributed by atoms with van der Waals surface area (Å²) in [6.07, 6.45) is 3.07. The van der Waals surface area contributed by atoms with Crippen LogP contribution in [0.15, 0.2) is 18.3 Å². The molecule has 0 aliphatic heterocycles. The third-order valence-corrected chi connectivity index (χ3v) is 4.64. The second kappa shape index (κ2) is 6.31. The van der Waals surface area contributed by atoms with Crippen molar-refractivity contribution in [3.05, 3.63) is 50.5 Å². The Morgan fingerprint density at radius 2 is 1.79 bits per heavy atom. The average molecular weight is 274 g/mol. The molecule has 2 aromatic rings. The van der Waals surface area contributed by atoms with Crippen molar-refractivity contribution < 1.29 is 0 Å². The highest BCUT2D eigenvalue weighted by Crippen LogP contribution is 2.16. The van der Waals surface area contributed by atoms with Gasteiger partial charge in [-0.1, -0.05) is 19.1 Å². The molecule has 1 aromatic heterocycles. The van der Waals surface area contributed by atoms with E-state index in [0.717, 1.165) is 19.5 Å². The minimum absolute atomic E-state index is 0.858. The molecule has 19 heavy (non-hydrogen) atoms. The maximum atomic E-state index is 4.43. The summed E-state index contributed by atoms with van der Waals surface area (Å²) < 4.78 is 0. The van der Waals surface area contributed by atoms with Crippen LogP contribution < -0.4 is 5.32 Å². The number of hydrogen-bond donors (Lipinski definition) is 1. The van der Waals surface area contributed by atoms with E-state index in [2.05, 4.69) is 50.1 Å². The van der Waals surface area contributed by atoms with E-state index in [0.29, 0.717) is 0 Å². The monoisotopic (exact) mass is 274 g/mol. The van der Waals surface area contributed by atoms with E-state index in [1.807, 2.05) is 6.20 Å². The van der Waals surface area contributed by atoms with Gasteiger partial charge in [0.1, 0.15) is 5.01 Å². The van der Waals surface area contributed by atoms with Crippen LogP contribution in [0.5, 0.6) is 0 Å². The summed E-state index contributed by atoms with van der Waals surface area (Å²) in [7, 11) is 0. The van der Waals surface area contributed by atoms with Gasteiger partial charge < -0.3 is 5.32 Å². The van der Waals surface area contributed by atoms with Crippen LogP contribution in [0, 0.1) is 20.8 Å². The summed E-state index contributed by atoms with van der Waals surface area (Å²) in [5.41, 5.74) is 5.48. The Hall–Kier alpha value is -1.19. The summed E-state index contributed by atoms with van der Waals surface area (Å²) in [5, 5.41) is 4.67. The maximum Gasteiger partial charge on any atom is 0.107 e. The molecule has 2 rings (SSSR count). The van der Waals surface area contributed by atoms with E-state index in [4.69, 9.17) is 0 Å². The maximum absolute atomic E-state index is 4.43. The first-order valence-electron chi connectivity index (χ1n) is 6.81. The lowest BCUT2D eigenvalue weighted by atomic mass is 10.0. The third-order valence-electron chi connectivity index (χ3n) is 3.49. The molecule has 3 heteroatoms. The zero-order valence-corrected chi connectivity index (χ0v) is 13.0. The molecule has 0 bridgehead atoms. The first-order chi connectivity index (χ1) is 9.10. The molecule has 0 atom stereocenters. The van der Waals surface area contributed by atoms with Gasteiger partial charge in [-0.15, -0.1) is 11.3 Å². The number of aromatic nitrogens is 1. The van der Waals surface area contributed by atoms with Crippen molar-refractivity contribution in [2.75, 3.05) is 0 Å². The summed E-state index contributed by atoms with van der Waals surface area (Å²) in [5.74, 6) is 0. The van der Waals surface area contributed by atoms with Crippen LogP contribution in [0.3, 0.4) is 0 Å². The molecule has 0 fully saturated rings. The zero-order valence-electron chi connectivity index (χ0n) is 12.2. The van der Waals surface area contributed by atoms with Gasteiger partial charge in [0.05, 0.1) is 0 Å². The Balaban J connectivity index is 1.94. The van der Waals surface area contributed by atoms with Gasteiger partial charge in [-0.3, -0.25) is 0 Å². The van der Waals surface area contributed by atoms with Gasteiger partial charge in [-0.25, -0.2) is 4.98 Å². The molecular formula is C16H22N2S. The summed E-state index contributed by atoms with van der Waals surface area (Å²) in [4.78, 5) is 5.79. The second-order valence-corrected chi connectivity index (χ2v) is 6.24. The highest BCUT2D eigenvalue weighted by atomic mass is 32.1. The van der Waals surface area contributed by atoms with Crippen molar-refractivity contribution in [2.24, 2.45) is 0 Å². The smallest absolute Gasteiger partial charge is 0.107 e. The standard InChI is InChI=1S/C16H22N2S/c1-5-15-9-18-16(19-15)10-17-8-14-7-12(3)11(2)6-13(14)4/h6-7,9,17H,5,8,10H2,1-4H3. The van der Waals surface area contributed by atoms with Crippen LogP contribution in [0.2, 0.25) is 0 Å². The van der Waals surface area contributed by atoms with Gasteiger partial charge in [0, 0.05) is 24.2 Å². The van der Waals surface area contributed by atoms with Gasteiger partial charge in [-0.05, 0) is 49.4 Å². The molecule has 2 nitrogen and oxygen atoms in total. The van der Waals surface area contributed by atoms with Crippen LogP contribution in [0.1, 0.15) is 39.1 Å². The van der Waals surface area contributed by atoms with Crippen LogP contribution in [0.25, 0.3) is 0 Å². The van der Waals surface area contributed by atoms with E-state index in [1.54, 1.807) is 11.3 Å². The fourth-order valence-corrected chi connectivity index (χ4v) is 2.94. The molecule has 0 spiro atoms. The van der Waals surface area contributed by atoms with Gasteiger partial charge in [0.25, 0.3) is 0 Å². The van der Waals surface area contributed by atoms with E-state index < -0.39 is 0 Å². The number of benzene rings is 1. The van der Waals surface area contributed by atoms with Crippen LogP contribution in [0.4, 0.5) is 0 Å². The predicted molar refractivity (Wildman–Crippen MR) is 82.7 cm³/mol. The van der Waals surface area contributed by atoms with Crippen molar-refractivity contribution >= 4 is 11.3 Å². The van der Waals surface area contributed by atoms with Crippen molar-refractivity contribution in [3.63, 3.8) is 0 Å². The molecule has 0 saturated heterocycles. The van der Waals surface area contributed by atoms with Gasteiger partial charge in [0.15, 0.2) is 0 Å². The number of rotatable bonds is 5. The first kappa shape index (κ1) is 14.2. The molecule has 0 amide bonds. The third kappa shape index (κ3) is 3.64. The lowest BCUT2D eigenvalue weighted by Gasteiger charge is -2.10. The van der Waals surface area contributed by atoms with E-state index in [9.17, 15) is 0 Å². The van der Waals surface area contributed by atoms with Crippen LogP contribution in [-0.4, -0.2) is 4.98 Å². The number of nitrogens with zero attached hydrogens (tertiary/aromatic N) is 1. The topological polar surface area (TPSA) is 24.9 Å². The fourth-order valence-electron chi connectivity index (χ4n) is 2.11. The zero-order chi connectivity index (χ0) is 13.8. The lowest BCUT2D eigenvalue weighted by Crippen LogP contribution is -2.13. The molecule has 1 N–H and O–H groups in total. The Labute approximate surface area is 119 Å². The second-order valence-electron chi connectivity index (χ2n) is 5.04. The molecular weight excluding hydrogens is 252 g/mol. The van der Waals surface area contributed by atoms with Gasteiger partial charge in [-0.2, -0.15) is 0 Å². The molecule has 0 saturated carbocycles. The summed E-state index contributed by atoms with van der Waals surface area (Å²) in [6, 6.07) is 4.56. The van der Waals surface area contributed by atoms with Crippen molar-refractivity contribution in [1.29, 1.82) is 0 Å². The summed E-state index contributed by atoms with van der Waals surface area (Å²) in [6.45, 7) is 10.5. The molecule has 0 aliphatic carbocycles. The highest BCUT2D eigenvalue weighted by Gasteiger charge is 2.03. The van der Waals surface area contributed by atoms with Crippen LogP contribution in [-0.2, 0) is 19.5 Å². The minimum atomic E-state index is 0.858. The molecule has 0 radical (unpaired) electrons. The Morgan fingerprint density at radius 3 is 2.47 bits per heavy atom. The minimum Gasteiger partial charge on any atom is -0.306 e. The van der Waals surface area contributed by atoms with Crippen molar-refractivity contribution in [1.82, 2.24) is 10.3 Å². The van der Waals surface area contributed by atoms with Gasteiger partial charge in [0.2, 0.25) is 0 Å². The molecule has 1 aromatic carbocycles. The SMILES string of the molecule is CCc1cnc(CNCc2cc(C)c(C)cc2C)s1. The molecule has 0 unspecified atom stereocenters. The van der Waals surface area contributed by atoms with Crippen LogP contribution >= 0.6 is 11.3 Å². The Bertz CT molecular complexity index is 558. The van der Waals surface area contributed by atoms with E-state index >= 15 is 0 Å². The van der Waals surface area contributed by atoms with E-state index in [1.165, 1.54) is 32.1 Å². The van der Waals surface area contributed by atoms with Crippen molar-refractivity contribution in [3.8, 4) is 0 Å². The summed E-state index contributed by atoms with van der Waals surface area (Å²) >= 11 is 1.80. The van der Waals surface area contributed by atoms with Crippen molar-refractivity contribution in [2.45, 2.75) is 47.2 Å². The van der Waals surface area contributed by atoms with E-state index in [-0.39, 0.29) is 0 Å². The number of thiazole rings is 1. The first-order valence-corrected chi connectivity index (χ1v) is 7.62. The predicted octanol–water partition coefficient (Wildman–Crippen LogP) is 3.92. The Morgan fingerprint density at radius 1 is 1.05 bits per heavy atom. The lowest BCUT2D eigenvalue weighted by molar-refractivity contribution is 0.686. The molecule has 1 heterocycles. The quantitative estimate of drug-likeness (QED) is 0.894. The Kier molecular flexibility index (Phi) is 4.72. The highest BCUT2D eigenvalue weighted by molar-refractivity contribution is 7.11. The normalized spacial score (nSPS) is 10.9.